The minimum Gasteiger partial charge on any atom is -0.464 e. The third-order valence-electron chi connectivity index (χ3n) is 4.28. The molecule has 0 amide bonds. The molecular formula is C20H16FNO4. The number of hydrogen-bond acceptors (Lipinski definition) is 5. The van der Waals surface area contributed by atoms with Crippen molar-refractivity contribution < 1.29 is 23.8 Å². The fraction of sp³-hybridized carbons (Fsp3) is 0.200. The van der Waals surface area contributed by atoms with Gasteiger partial charge in [-0.1, -0.05) is 42.5 Å². The van der Waals surface area contributed by atoms with Crippen molar-refractivity contribution in [1.82, 2.24) is 0 Å². The average Bonchev–Trinajstić information content (AvgIpc) is 2.68. The Morgan fingerprint density at radius 2 is 1.92 bits per heavy atom. The Kier molecular flexibility index (Phi) is 4.74. The molecule has 0 saturated carbocycles. The van der Waals surface area contributed by atoms with Gasteiger partial charge >= 0.3 is 11.8 Å². The smallest absolute Gasteiger partial charge is 0.379 e. The van der Waals surface area contributed by atoms with E-state index >= 15 is 0 Å². The first-order chi connectivity index (χ1) is 12.5. The van der Waals surface area contributed by atoms with Crippen LogP contribution in [-0.2, 0) is 14.3 Å². The fourth-order valence-electron chi connectivity index (χ4n) is 3.00. The minimum atomic E-state index is -2.25. The van der Waals surface area contributed by atoms with Gasteiger partial charge in [-0.15, -0.1) is 0 Å². The van der Waals surface area contributed by atoms with Crippen LogP contribution < -0.4 is 0 Å². The molecule has 1 N–H and O–H groups in total. The molecule has 0 radical (unpaired) electrons. The van der Waals surface area contributed by atoms with Crippen molar-refractivity contribution in [2.24, 2.45) is 0 Å². The Morgan fingerprint density at radius 1 is 1.27 bits per heavy atom. The van der Waals surface area contributed by atoms with E-state index in [2.05, 4.69) is 10.8 Å². The number of benzene rings is 2. The highest BCUT2D eigenvalue weighted by molar-refractivity contribution is 5.81. The highest BCUT2D eigenvalue weighted by Crippen LogP contribution is 2.44. The van der Waals surface area contributed by atoms with Crippen LogP contribution in [0.2, 0.25) is 0 Å². The number of ether oxygens (including phenoxy) is 2. The molecule has 1 aliphatic rings. The Hall–Kier alpha value is -3.17. The van der Waals surface area contributed by atoms with E-state index < -0.39 is 23.5 Å². The number of nitrogens with zero attached hydrogens (tertiary/aromatic N) is 1. The van der Waals surface area contributed by atoms with E-state index in [1.165, 1.54) is 24.3 Å². The molecule has 3 rings (SSSR count). The molecule has 132 valence electrons. The van der Waals surface area contributed by atoms with Crippen LogP contribution in [0, 0.1) is 17.1 Å². The van der Waals surface area contributed by atoms with Crippen LogP contribution in [0.4, 0.5) is 4.39 Å². The van der Waals surface area contributed by atoms with Gasteiger partial charge in [0, 0.05) is 17.9 Å². The molecule has 2 atom stereocenters. The predicted molar refractivity (Wildman–Crippen MR) is 90.8 cm³/mol. The van der Waals surface area contributed by atoms with Crippen LogP contribution in [0.15, 0.2) is 60.2 Å². The monoisotopic (exact) mass is 353 g/mol. The van der Waals surface area contributed by atoms with Gasteiger partial charge in [-0.2, -0.15) is 5.26 Å². The van der Waals surface area contributed by atoms with Crippen molar-refractivity contribution in [2.45, 2.75) is 18.1 Å². The summed E-state index contributed by atoms with van der Waals surface area (Å²) in [5.74, 6) is -4.20. The van der Waals surface area contributed by atoms with Crippen LogP contribution in [0.5, 0.6) is 0 Å². The summed E-state index contributed by atoms with van der Waals surface area (Å²) in [6.45, 7) is 0. The summed E-state index contributed by atoms with van der Waals surface area (Å²) in [5.41, 5.74) is 1.37. The van der Waals surface area contributed by atoms with Crippen molar-refractivity contribution in [1.29, 1.82) is 5.26 Å². The molecule has 26 heavy (non-hydrogen) atoms. The highest BCUT2D eigenvalue weighted by Gasteiger charge is 2.48. The second-order valence-corrected chi connectivity index (χ2v) is 5.91. The van der Waals surface area contributed by atoms with E-state index in [1.54, 1.807) is 30.3 Å². The summed E-state index contributed by atoms with van der Waals surface area (Å²) < 4.78 is 23.5. The number of halogens is 1. The lowest BCUT2D eigenvalue weighted by Gasteiger charge is -2.36. The lowest BCUT2D eigenvalue weighted by atomic mass is 9.82. The van der Waals surface area contributed by atoms with Gasteiger partial charge in [0.2, 0.25) is 0 Å². The maximum absolute atomic E-state index is 13.3. The van der Waals surface area contributed by atoms with Crippen molar-refractivity contribution >= 4 is 11.7 Å². The summed E-state index contributed by atoms with van der Waals surface area (Å²) >= 11 is 0. The molecule has 1 heterocycles. The molecule has 0 bridgehead atoms. The third-order valence-corrected chi connectivity index (χ3v) is 4.28. The van der Waals surface area contributed by atoms with Gasteiger partial charge in [0.15, 0.2) is 0 Å². The zero-order valence-electron chi connectivity index (χ0n) is 14.0. The molecule has 1 aliphatic heterocycles. The van der Waals surface area contributed by atoms with E-state index in [-0.39, 0.29) is 17.8 Å². The molecule has 0 fully saturated rings. The van der Waals surface area contributed by atoms with Gasteiger partial charge in [0.1, 0.15) is 11.6 Å². The lowest BCUT2D eigenvalue weighted by molar-refractivity contribution is -0.210. The zero-order valence-corrected chi connectivity index (χ0v) is 14.0. The summed E-state index contributed by atoms with van der Waals surface area (Å²) in [6.07, 6.45) is -0.218. The zero-order chi connectivity index (χ0) is 18.7. The second-order valence-electron chi connectivity index (χ2n) is 5.91. The number of methoxy groups -OCH3 is 1. The van der Waals surface area contributed by atoms with Crippen LogP contribution in [0.3, 0.4) is 0 Å². The standard InChI is InChI=1S/C20H16FNO4/c1-25-19(23)20(24)11-16(13-7-9-15(21)10-8-13)17(12-22)18(26-20)14-5-3-2-4-6-14/h2-10,16,24H,11H2,1H3/t16-,20+/m1/s1. The van der Waals surface area contributed by atoms with Gasteiger partial charge in [0.25, 0.3) is 0 Å². The van der Waals surface area contributed by atoms with Crippen molar-refractivity contribution in [2.75, 3.05) is 7.11 Å². The molecule has 0 saturated heterocycles. The summed E-state index contributed by atoms with van der Waals surface area (Å²) in [4.78, 5) is 12.1. The van der Waals surface area contributed by atoms with Crippen molar-refractivity contribution in [3.8, 4) is 6.07 Å². The van der Waals surface area contributed by atoms with Gasteiger partial charge in [-0.3, -0.25) is 0 Å². The molecule has 2 aromatic rings. The molecule has 0 unspecified atom stereocenters. The van der Waals surface area contributed by atoms with Gasteiger partial charge in [-0.05, 0) is 17.7 Å². The predicted octanol–water partition coefficient (Wildman–Crippen LogP) is 3.13. The molecule has 6 heteroatoms. The van der Waals surface area contributed by atoms with E-state index in [0.717, 1.165) is 7.11 Å². The van der Waals surface area contributed by atoms with E-state index in [4.69, 9.17) is 4.74 Å². The van der Waals surface area contributed by atoms with Crippen molar-refractivity contribution in [3.05, 3.63) is 77.1 Å². The number of rotatable bonds is 3. The topological polar surface area (TPSA) is 79.5 Å². The maximum atomic E-state index is 13.3. The van der Waals surface area contributed by atoms with E-state index in [1.807, 2.05) is 0 Å². The largest absolute Gasteiger partial charge is 0.464 e. The minimum absolute atomic E-state index is 0.0987. The van der Waals surface area contributed by atoms with Crippen LogP contribution in [0.1, 0.15) is 23.5 Å². The molecule has 0 spiro atoms. The number of allylic oxidation sites excluding steroid dienone is 1. The SMILES string of the molecule is COC(=O)[C@]1(O)C[C@H](c2ccc(F)cc2)C(C#N)=C(c2ccccc2)O1. The first-order valence-corrected chi connectivity index (χ1v) is 7.93. The first-order valence-electron chi connectivity index (χ1n) is 7.93. The Morgan fingerprint density at radius 3 is 2.50 bits per heavy atom. The molecule has 0 aliphatic carbocycles. The number of aliphatic hydroxyl groups is 1. The Labute approximate surface area is 149 Å². The molecule has 0 aromatic heterocycles. The molecular weight excluding hydrogens is 337 g/mol. The van der Waals surface area contributed by atoms with Crippen molar-refractivity contribution in [3.63, 3.8) is 0 Å². The van der Waals surface area contributed by atoms with Gasteiger partial charge in [0.05, 0.1) is 18.8 Å². The normalized spacial score (nSPS) is 22.3. The number of nitriles is 1. The second kappa shape index (κ2) is 6.98. The van der Waals surface area contributed by atoms with E-state index in [0.29, 0.717) is 11.1 Å². The third kappa shape index (κ3) is 3.17. The summed E-state index contributed by atoms with van der Waals surface area (Å²) in [5, 5.41) is 20.5. The number of carbonyl (C=O) groups is 1. The fourth-order valence-corrected chi connectivity index (χ4v) is 3.00. The highest BCUT2D eigenvalue weighted by atomic mass is 19.1. The number of carbonyl (C=O) groups excluding carboxylic acids is 1. The quantitative estimate of drug-likeness (QED) is 0.858. The lowest BCUT2D eigenvalue weighted by Crippen LogP contribution is -2.46. The number of esters is 1. The van der Waals surface area contributed by atoms with E-state index in [9.17, 15) is 19.6 Å². The van der Waals surface area contributed by atoms with Crippen LogP contribution >= 0.6 is 0 Å². The summed E-state index contributed by atoms with van der Waals surface area (Å²) in [7, 11) is 1.14. The van der Waals surface area contributed by atoms with Crippen LogP contribution in [-0.4, -0.2) is 24.0 Å². The average molecular weight is 353 g/mol. The van der Waals surface area contributed by atoms with Crippen LogP contribution in [0.25, 0.3) is 5.76 Å². The molecule has 2 aromatic carbocycles. The molecule has 5 nitrogen and oxygen atoms in total. The van der Waals surface area contributed by atoms with Gasteiger partial charge < -0.3 is 14.6 Å². The van der Waals surface area contributed by atoms with Gasteiger partial charge in [-0.25, -0.2) is 9.18 Å². The maximum Gasteiger partial charge on any atom is 0.379 e. The number of hydrogen-bond donors (Lipinski definition) is 1. The summed E-state index contributed by atoms with van der Waals surface area (Å²) in [6, 6.07) is 16.4. The Balaban J connectivity index is 2.18. The first kappa shape index (κ1) is 17.6. The Bertz CT molecular complexity index is 886.